The van der Waals surface area contributed by atoms with Gasteiger partial charge in [-0.05, 0) is 48.5 Å². The zero-order chi connectivity index (χ0) is 22.9. The number of anilines is 1. The highest BCUT2D eigenvalue weighted by molar-refractivity contribution is 6.09. The summed E-state index contributed by atoms with van der Waals surface area (Å²) in [5.74, 6) is -1.66. The van der Waals surface area contributed by atoms with Crippen LogP contribution in [0.5, 0.6) is 0 Å². The number of aromatic nitrogens is 1. The van der Waals surface area contributed by atoms with Crippen molar-refractivity contribution >= 4 is 28.5 Å². The van der Waals surface area contributed by atoms with Crippen molar-refractivity contribution in [1.82, 2.24) is 4.98 Å². The molecule has 32 heavy (non-hydrogen) atoms. The third-order valence-electron chi connectivity index (χ3n) is 4.84. The number of hydrogen-bond donors (Lipinski definition) is 2. The van der Waals surface area contributed by atoms with Crippen LogP contribution < -0.4 is 5.32 Å². The van der Waals surface area contributed by atoms with Gasteiger partial charge in [-0.1, -0.05) is 30.3 Å². The molecule has 0 unspecified atom stereocenters. The first kappa shape index (κ1) is 21.0. The number of nitrogens with zero attached hydrogens (tertiary/aromatic N) is 1. The fourth-order valence-corrected chi connectivity index (χ4v) is 3.26. The van der Waals surface area contributed by atoms with E-state index < -0.39 is 23.6 Å². The summed E-state index contributed by atoms with van der Waals surface area (Å²) in [5, 5.41) is 12.4. The zero-order valence-corrected chi connectivity index (χ0v) is 16.4. The number of nitrogens with one attached hydrogen (secondary N) is 1. The Labute approximate surface area is 180 Å². The minimum Gasteiger partial charge on any atom is -0.478 e. The van der Waals surface area contributed by atoms with E-state index in [9.17, 15) is 27.9 Å². The summed E-state index contributed by atoms with van der Waals surface area (Å²) in [5.41, 5.74) is 0.862. The number of carboxylic acid groups (broad SMARTS) is 1. The Hall–Kier alpha value is -4.20. The Morgan fingerprint density at radius 2 is 1.66 bits per heavy atom. The molecular weight excluding hydrogens is 421 g/mol. The van der Waals surface area contributed by atoms with Gasteiger partial charge in [0.15, 0.2) is 0 Å². The van der Waals surface area contributed by atoms with E-state index in [0.717, 1.165) is 12.1 Å². The smallest absolute Gasteiger partial charge is 0.416 e. The van der Waals surface area contributed by atoms with Gasteiger partial charge < -0.3 is 10.4 Å². The molecule has 4 aromatic rings. The number of alkyl halides is 3. The van der Waals surface area contributed by atoms with Gasteiger partial charge in [-0.2, -0.15) is 13.2 Å². The van der Waals surface area contributed by atoms with E-state index in [0.29, 0.717) is 22.2 Å². The molecule has 1 heterocycles. The maximum atomic E-state index is 13.0. The summed E-state index contributed by atoms with van der Waals surface area (Å²) in [4.78, 5) is 28.4. The second kappa shape index (κ2) is 8.14. The molecule has 1 amide bonds. The molecule has 0 saturated heterocycles. The van der Waals surface area contributed by atoms with Gasteiger partial charge in [-0.15, -0.1) is 0 Å². The van der Waals surface area contributed by atoms with Gasteiger partial charge in [0.05, 0.1) is 28.0 Å². The number of fused-ring (bicyclic) bond motifs is 1. The third kappa shape index (κ3) is 4.29. The Morgan fingerprint density at radius 1 is 0.875 bits per heavy atom. The number of hydrogen-bond acceptors (Lipinski definition) is 3. The predicted octanol–water partition coefficient (Wildman–Crippen LogP) is 5.87. The quantitative estimate of drug-likeness (QED) is 0.419. The fraction of sp³-hybridized carbons (Fsp3) is 0.0417. The van der Waals surface area contributed by atoms with E-state index in [-0.39, 0.29) is 16.8 Å². The number of amides is 1. The number of carbonyl (C=O) groups excluding carboxylic acids is 1. The van der Waals surface area contributed by atoms with Gasteiger partial charge in [0.25, 0.3) is 5.91 Å². The summed E-state index contributed by atoms with van der Waals surface area (Å²) in [6.07, 6.45) is -4.45. The lowest BCUT2D eigenvalue weighted by atomic mass is 10.0. The summed E-state index contributed by atoms with van der Waals surface area (Å²) in [6.45, 7) is 0. The molecular formula is C24H15F3N2O3. The van der Waals surface area contributed by atoms with Gasteiger partial charge in [-0.3, -0.25) is 4.79 Å². The number of halogens is 3. The van der Waals surface area contributed by atoms with Crippen LogP contribution in [-0.4, -0.2) is 22.0 Å². The lowest BCUT2D eigenvalue weighted by Gasteiger charge is -2.10. The summed E-state index contributed by atoms with van der Waals surface area (Å²) in [7, 11) is 0. The van der Waals surface area contributed by atoms with E-state index in [2.05, 4.69) is 10.3 Å². The van der Waals surface area contributed by atoms with Crippen LogP contribution in [0, 0.1) is 0 Å². The second-order valence-corrected chi connectivity index (χ2v) is 6.99. The Bertz CT molecular complexity index is 1350. The predicted molar refractivity (Wildman–Crippen MR) is 114 cm³/mol. The SMILES string of the molecule is O=C(Nc1ccccc1C(=O)O)c1ccc2nc(-c3cccc(C(F)(F)F)c3)ccc2c1. The summed E-state index contributed by atoms with van der Waals surface area (Å²) >= 11 is 0. The first-order valence-corrected chi connectivity index (χ1v) is 9.44. The maximum absolute atomic E-state index is 13.0. The molecule has 0 aliphatic rings. The van der Waals surface area contributed by atoms with E-state index in [4.69, 9.17) is 0 Å². The molecule has 0 saturated carbocycles. The van der Waals surface area contributed by atoms with Crippen LogP contribution in [0.1, 0.15) is 26.3 Å². The number of benzene rings is 3. The molecule has 0 aliphatic carbocycles. The van der Waals surface area contributed by atoms with Crippen LogP contribution >= 0.6 is 0 Å². The van der Waals surface area contributed by atoms with Crippen LogP contribution in [-0.2, 0) is 6.18 Å². The number of carboxylic acids is 1. The van der Waals surface area contributed by atoms with Gasteiger partial charge in [-0.25, -0.2) is 9.78 Å². The van der Waals surface area contributed by atoms with E-state index in [1.54, 1.807) is 42.5 Å². The average Bonchev–Trinajstić information content (AvgIpc) is 2.78. The molecule has 0 radical (unpaired) electrons. The van der Waals surface area contributed by atoms with Crippen LogP contribution in [0.15, 0.2) is 78.9 Å². The molecule has 0 atom stereocenters. The van der Waals surface area contributed by atoms with Crippen molar-refractivity contribution in [2.24, 2.45) is 0 Å². The van der Waals surface area contributed by atoms with Crippen LogP contribution in [0.4, 0.5) is 18.9 Å². The molecule has 0 aliphatic heterocycles. The van der Waals surface area contributed by atoms with Crippen molar-refractivity contribution in [3.8, 4) is 11.3 Å². The minimum absolute atomic E-state index is 0.0333. The molecule has 8 heteroatoms. The minimum atomic E-state index is -4.45. The summed E-state index contributed by atoms with van der Waals surface area (Å²) in [6, 6.07) is 18.9. The molecule has 4 rings (SSSR count). The van der Waals surface area contributed by atoms with Gasteiger partial charge in [0, 0.05) is 16.5 Å². The van der Waals surface area contributed by atoms with Crippen molar-refractivity contribution in [1.29, 1.82) is 0 Å². The highest BCUT2D eigenvalue weighted by Gasteiger charge is 2.30. The lowest BCUT2D eigenvalue weighted by molar-refractivity contribution is -0.137. The number of pyridine rings is 1. The van der Waals surface area contributed by atoms with E-state index >= 15 is 0 Å². The lowest BCUT2D eigenvalue weighted by Crippen LogP contribution is -2.14. The molecule has 0 spiro atoms. The normalized spacial score (nSPS) is 11.3. The Kier molecular flexibility index (Phi) is 5.36. The van der Waals surface area contributed by atoms with Crippen molar-refractivity contribution in [2.45, 2.75) is 6.18 Å². The number of rotatable bonds is 4. The Morgan fingerprint density at radius 3 is 2.41 bits per heavy atom. The summed E-state index contributed by atoms with van der Waals surface area (Å²) < 4.78 is 39.0. The number of carbonyl (C=O) groups is 2. The monoisotopic (exact) mass is 436 g/mol. The van der Waals surface area contributed by atoms with Crippen molar-refractivity contribution in [3.05, 3.63) is 95.6 Å². The first-order chi connectivity index (χ1) is 15.2. The van der Waals surface area contributed by atoms with Crippen molar-refractivity contribution in [2.75, 3.05) is 5.32 Å². The number of aromatic carboxylic acids is 1. The van der Waals surface area contributed by atoms with E-state index in [1.165, 1.54) is 24.3 Å². The second-order valence-electron chi connectivity index (χ2n) is 6.99. The van der Waals surface area contributed by atoms with Gasteiger partial charge in [0.2, 0.25) is 0 Å². The fourth-order valence-electron chi connectivity index (χ4n) is 3.26. The molecule has 2 N–H and O–H groups in total. The number of para-hydroxylation sites is 1. The van der Waals surface area contributed by atoms with Crippen LogP contribution in [0.2, 0.25) is 0 Å². The average molecular weight is 436 g/mol. The molecule has 1 aromatic heterocycles. The highest BCUT2D eigenvalue weighted by Crippen LogP contribution is 2.32. The molecule has 3 aromatic carbocycles. The highest BCUT2D eigenvalue weighted by atomic mass is 19.4. The van der Waals surface area contributed by atoms with Crippen LogP contribution in [0.3, 0.4) is 0 Å². The zero-order valence-electron chi connectivity index (χ0n) is 16.4. The third-order valence-corrected chi connectivity index (χ3v) is 4.84. The van der Waals surface area contributed by atoms with Crippen molar-refractivity contribution < 1.29 is 27.9 Å². The largest absolute Gasteiger partial charge is 0.478 e. The Balaban J connectivity index is 1.63. The first-order valence-electron chi connectivity index (χ1n) is 9.44. The molecule has 0 bridgehead atoms. The van der Waals surface area contributed by atoms with Crippen molar-refractivity contribution in [3.63, 3.8) is 0 Å². The van der Waals surface area contributed by atoms with Gasteiger partial charge >= 0.3 is 12.1 Å². The topological polar surface area (TPSA) is 79.3 Å². The standard InChI is InChI=1S/C24H15F3N2O3/c25-24(26,27)17-5-3-4-14(13-17)19-10-8-15-12-16(9-11-20(15)28-19)22(30)29-21-7-2-1-6-18(21)23(31)32/h1-13H,(H,29,30)(H,31,32). The van der Waals surface area contributed by atoms with Crippen LogP contribution in [0.25, 0.3) is 22.2 Å². The molecule has 160 valence electrons. The molecule has 0 fully saturated rings. The maximum Gasteiger partial charge on any atom is 0.416 e. The molecule has 5 nitrogen and oxygen atoms in total. The van der Waals surface area contributed by atoms with E-state index in [1.807, 2.05) is 0 Å². The van der Waals surface area contributed by atoms with Gasteiger partial charge in [0.1, 0.15) is 0 Å².